The van der Waals surface area contributed by atoms with Gasteiger partial charge in [0.25, 0.3) is 0 Å². The Bertz CT molecular complexity index is 1100. The number of alkyl carbamates (subject to hydrolysis) is 1. The molecule has 2 amide bonds. The van der Waals surface area contributed by atoms with Gasteiger partial charge in [-0.15, -0.1) is 0 Å². The van der Waals surface area contributed by atoms with E-state index in [0.29, 0.717) is 27.1 Å². The van der Waals surface area contributed by atoms with Crippen LogP contribution in [-0.2, 0) is 9.53 Å². The van der Waals surface area contributed by atoms with Crippen molar-refractivity contribution in [2.75, 3.05) is 6.61 Å². The minimum atomic E-state index is -0.597. The fourth-order valence-electron chi connectivity index (χ4n) is 2.90. The number of hydrogen-bond donors (Lipinski definition) is 2. The summed E-state index contributed by atoms with van der Waals surface area (Å²) in [4.78, 5) is 24.2. The molecule has 1 aromatic heterocycles. The van der Waals surface area contributed by atoms with Crippen LogP contribution in [0.1, 0.15) is 30.7 Å². The number of benzene rings is 2. The molecule has 0 aliphatic heterocycles. The summed E-state index contributed by atoms with van der Waals surface area (Å²) < 4.78 is 10.6. The lowest BCUT2D eigenvalue weighted by Crippen LogP contribution is -2.33. The first-order chi connectivity index (χ1) is 15.5. The lowest BCUT2D eigenvalue weighted by atomic mass is 10.0. The van der Waals surface area contributed by atoms with Crippen LogP contribution in [0.15, 0.2) is 70.2 Å². The number of nitrogens with zero attached hydrogens (tertiary/aromatic N) is 1. The molecule has 0 saturated carbocycles. The van der Waals surface area contributed by atoms with E-state index in [2.05, 4.69) is 15.8 Å². The molecule has 1 heterocycles. The summed E-state index contributed by atoms with van der Waals surface area (Å²) in [7, 11) is 0. The Morgan fingerprint density at radius 2 is 1.91 bits per heavy atom. The molecular weight excluding hydrogens is 453 g/mol. The SMILES string of the molecule is CCOC(=O)N[C@H](CC(=O)N/N=C\c1ccc(-c2cc(Cl)ccc2Cl)o1)c1ccccc1. The maximum atomic E-state index is 12.4. The summed E-state index contributed by atoms with van der Waals surface area (Å²) in [6, 6.07) is 17.1. The van der Waals surface area contributed by atoms with E-state index in [1.165, 1.54) is 6.21 Å². The average molecular weight is 474 g/mol. The maximum Gasteiger partial charge on any atom is 0.407 e. The predicted octanol–water partition coefficient (Wildman–Crippen LogP) is 5.58. The van der Waals surface area contributed by atoms with Crippen molar-refractivity contribution in [1.82, 2.24) is 10.7 Å². The summed E-state index contributed by atoms with van der Waals surface area (Å²) in [6.45, 7) is 1.94. The van der Waals surface area contributed by atoms with E-state index in [-0.39, 0.29) is 13.0 Å². The van der Waals surface area contributed by atoms with Crippen LogP contribution < -0.4 is 10.7 Å². The Labute approximate surface area is 195 Å². The van der Waals surface area contributed by atoms with Crippen LogP contribution in [0.3, 0.4) is 0 Å². The molecule has 0 fully saturated rings. The van der Waals surface area contributed by atoms with Crippen LogP contribution in [0.25, 0.3) is 11.3 Å². The van der Waals surface area contributed by atoms with E-state index in [1.807, 2.05) is 30.3 Å². The lowest BCUT2D eigenvalue weighted by molar-refractivity contribution is -0.121. The van der Waals surface area contributed by atoms with Crippen molar-refractivity contribution in [3.8, 4) is 11.3 Å². The first-order valence-electron chi connectivity index (χ1n) is 9.81. The molecule has 2 N–H and O–H groups in total. The van der Waals surface area contributed by atoms with Crippen molar-refractivity contribution in [2.24, 2.45) is 5.10 Å². The summed E-state index contributed by atoms with van der Waals surface area (Å²) in [5.74, 6) is 0.547. The Hall–Kier alpha value is -3.29. The highest BCUT2D eigenvalue weighted by Gasteiger charge is 2.19. The van der Waals surface area contributed by atoms with Crippen molar-refractivity contribution in [1.29, 1.82) is 0 Å². The number of ether oxygens (including phenoxy) is 1. The summed E-state index contributed by atoms with van der Waals surface area (Å²) >= 11 is 12.2. The van der Waals surface area contributed by atoms with Gasteiger partial charge in [0.1, 0.15) is 11.5 Å². The van der Waals surface area contributed by atoms with Gasteiger partial charge in [0.15, 0.2) is 0 Å². The molecule has 7 nitrogen and oxygen atoms in total. The molecule has 0 aliphatic carbocycles. The number of carbonyl (C=O) groups is 2. The minimum absolute atomic E-state index is 0.0261. The second-order valence-electron chi connectivity index (χ2n) is 6.65. The Kier molecular flexibility index (Phi) is 8.30. The van der Waals surface area contributed by atoms with Gasteiger partial charge in [-0.05, 0) is 42.8 Å². The third-order valence-electron chi connectivity index (χ3n) is 4.36. The number of furan rings is 1. The van der Waals surface area contributed by atoms with Crippen LogP contribution >= 0.6 is 23.2 Å². The molecular formula is C23H21Cl2N3O4. The number of hydrazone groups is 1. The van der Waals surface area contributed by atoms with E-state index in [9.17, 15) is 9.59 Å². The number of rotatable bonds is 8. The van der Waals surface area contributed by atoms with E-state index in [4.69, 9.17) is 32.4 Å². The fraction of sp³-hybridized carbons (Fsp3) is 0.174. The molecule has 0 spiro atoms. The van der Waals surface area contributed by atoms with Crippen LogP contribution in [0.4, 0.5) is 4.79 Å². The van der Waals surface area contributed by atoms with Crippen LogP contribution in [-0.4, -0.2) is 24.8 Å². The second kappa shape index (κ2) is 11.4. The molecule has 0 bridgehead atoms. The molecule has 9 heteroatoms. The van der Waals surface area contributed by atoms with Crippen LogP contribution in [0.5, 0.6) is 0 Å². The molecule has 166 valence electrons. The molecule has 32 heavy (non-hydrogen) atoms. The Balaban J connectivity index is 1.62. The Morgan fingerprint density at radius 1 is 1.12 bits per heavy atom. The molecule has 0 aliphatic rings. The van der Waals surface area contributed by atoms with Gasteiger partial charge in [0, 0.05) is 10.6 Å². The zero-order valence-corrected chi connectivity index (χ0v) is 18.7. The molecule has 3 aromatic rings. The highest BCUT2D eigenvalue weighted by Crippen LogP contribution is 2.31. The maximum absolute atomic E-state index is 12.4. The Morgan fingerprint density at radius 3 is 2.66 bits per heavy atom. The standard InChI is InChI=1S/C23H21Cl2N3O4/c1-2-31-23(30)27-20(15-6-4-3-5-7-15)13-22(29)28-26-14-17-9-11-21(32-17)18-12-16(24)8-10-19(18)25/h3-12,14,20H,2,13H2,1H3,(H,27,30)(H,28,29)/b26-14-/t20-/m1/s1. The third kappa shape index (κ3) is 6.60. The number of amides is 2. The van der Waals surface area contributed by atoms with Crippen molar-refractivity contribution in [2.45, 2.75) is 19.4 Å². The zero-order chi connectivity index (χ0) is 22.9. The molecule has 1 atom stereocenters. The van der Waals surface area contributed by atoms with E-state index < -0.39 is 18.0 Å². The van der Waals surface area contributed by atoms with Crippen molar-refractivity contribution in [3.63, 3.8) is 0 Å². The van der Waals surface area contributed by atoms with Crippen molar-refractivity contribution >= 4 is 41.4 Å². The van der Waals surface area contributed by atoms with E-state index in [0.717, 1.165) is 5.56 Å². The van der Waals surface area contributed by atoms with Crippen molar-refractivity contribution < 1.29 is 18.7 Å². The third-order valence-corrected chi connectivity index (χ3v) is 4.93. The van der Waals surface area contributed by atoms with Crippen molar-refractivity contribution in [3.05, 3.63) is 82.0 Å². The number of hydrogen-bond acceptors (Lipinski definition) is 5. The smallest absolute Gasteiger partial charge is 0.407 e. The average Bonchev–Trinajstić information content (AvgIpc) is 3.24. The van der Waals surface area contributed by atoms with Gasteiger partial charge in [-0.25, -0.2) is 10.2 Å². The van der Waals surface area contributed by atoms with Gasteiger partial charge in [-0.1, -0.05) is 53.5 Å². The van der Waals surface area contributed by atoms with Crippen LogP contribution in [0.2, 0.25) is 10.0 Å². The fourth-order valence-corrected chi connectivity index (χ4v) is 3.29. The van der Waals surface area contributed by atoms with Gasteiger partial charge >= 0.3 is 6.09 Å². The lowest BCUT2D eigenvalue weighted by Gasteiger charge is -2.17. The van der Waals surface area contributed by atoms with Gasteiger partial charge in [0.2, 0.25) is 5.91 Å². The molecule has 0 saturated heterocycles. The topological polar surface area (TPSA) is 92.9 Å². The van der Waals surface area contributed by atoms with Gasteiger partial charge in [-0.2, -0.15) is 5.10 Å². The minimum Gasteiger partial charge on any atom is -0.455 e. The number of halogens is 2. The van der Waals surface area contributed by atoms with Crippen LogP contribution in [0, 0.1) is 0 Å². The zero-order valence-electron chi connectivity index (χ0n) is 17.2. The molecule has 0 unspecified atom stereocenters. The highest BCUT2D eigenvalue weighted by atomic mass is 35.5. The highest BCUT2D eigenvalue weighted by molar-refractivity contribution is 6.35. The summed E-state index contributed by atoms with van der Waals surface area (Å²) in [5, 5.41) is 7.65. The van der Waals surface area contributed by atoms with Gasteiger partial charge in [-0.3, -0.25) is 4.79 Å². The second-order valence-corrected chi connectivity index (χ2v) is 7.50. The monoisotopic (exact) mass is 473 g/mol. The largest absolute Gasteiger partial charge is 0.455 e. The van der Waals surface area contributed by atoms with E-state index in [1.54, 1.807) is 37.3 Å². The molecule has 3 rings (SSSR count). The van der Waals surface area contributed by atoms with Gasteiger partial charge in [0.05, 0.1) is 30.3 Å². The molecule has 0 radical (unpaired) electrons. The number of nitrogens with one attached hydrogen (secondary N) is 2. The predicted molar refractivity (Wildman–Crippen MR) is 124 cm³/mol. The first kappa shape index (κ1) is 23.4. The van der Waals surface area contributed by atoms with Gasteiger partial charge < -0.3 is 14.5 Å². The number of carbonyl (C=O) groups excluding carboxylic acids is 2. The van der Waals surface area contributed by atoms with E-state index >= 15 is 0 Å². The summed E-state index contributed by atoms with van der Waals surface area (Å²) in [5.41, 5.74) is 3.86. The molecule has 2 aromatic carbocycles. The quantitative estimate of drug-likeness (QED) is 0.329. The first-order valence-corrected chi connectivity index (χ1v) is 10.6. The normalized spacial score (nSPS) is 11.8. The summed E-state index contributed by atoms with van der Waals surface area (Å²) in [6.07, 6.45) is 0.748.